The Morgan fingerprint density at radius 3 is 2.03 bits per heavy atom. The Kier molecular flexibility index (Phi) is 9.02. The van der Waals surface area contributed by atoms with Gasteiger partial charge in [0.05, 0.1) is 13.5 Å². The summed E-state index contributed by atoms with van der Waals surface area (Å²) in [7, 11) is 1.05. The Bertz CT molecular complexity index is 730. The summed E-state index contributed by atoms with van der Waals surface area (Å²) in [5.41, 5.74) is -0.426. The van der Waals surface area contributed by atoms with E-state index in [1.54, 1.807) is 0 Å². The predicted octanol–water partition coefficient (Wildman–Crippen LogP) is -0.827. The molecule has 0 aromatic carbocycles. The molecule has 13 nitrogen and oxygen atoms in total. The van der Waals surface area contributed by atoms with Crippen LogP contribution in [-0.2, 0) is 52.5 Å². The minimum atomic E-state index is -1.54. The monoisotopic (exact) mass is 433 g/mol. The largest absolute Gasteiger partial charge is 0.462 e. The Morgan fingerprint density at radius 1 is 1.00 bits per heavy atom. The Morgan fingerprint density at radius 2 is 1.57 bits per heavy atom. The average Bonchev–Trinajstić information content (AvgIpc) is 3.01. The van der Waals surface area contributed by atoms with Gasteiger partial charge in [-0.05, 0) is 0 Å². The molecule has 13 heteroatoms. The molecule has 1 rings (SSSR count). The fourth-order valence-corrected chi connectivity index (χ4v) is 2.64. The van der Waals surface area contributed by atoms with E-state index in [2.05, 4.69) is 4.74 Å². The first-order valence-corrected chi connectivity index (χ1v) is 8.69. The van der Waals surface area contributed by atoms with Crippen molar-refractivity contribution in [1.29, 1.82) is 0 Å². The quantitative estimate of drug-likeness (QED) is 0.252. The topological polar surface area (TPSA) is 167 Å². The molecule has 30 heavy (non-hydrogen) atoms. The molecule has 0 saturated heterocycles. The van der Waals surface area contributed by atoms with E-state index in [1.807, 2.05) is 0 Å². The van der Waals surface area contributed by atoms with Gasteiger partial charge in [0, 0.05) is 32.6 Å². The summed E-state index contributed by atoms with van der Waals surface area (Å²) in [5.74, 6) is -4.22. The van der Waals surface area contributed by atoms with Crippen molar-refractivity contribution in [1.82, 2.24) is 0 Å². The van der Waals surface area contributed by atoms with Crippen molar-refractivity contribution in [2.24, 2.45) is 0 Å². The van der Waals surface area contributed by atoms with Crippen molar-refractivity contribution in [3.63, 3.8) is 0 Å². The lowest BCUT2D eigenvalue weighted by Crippen LogP contribution is -2.52. The molecule has 0 unspecified atom stereocenters. The summed E-state index contributed by atoms with van der Waals surface area (Å²) >= 11 is 0. The molecule has 1 aliphatic rings. The molecule has 4 atom stereocenters. The number of carbonyl (C=O) groups is 5. The van der Waals surface area contributed by atoms with Gasteiger partial charge in [-0.15, -0.1) is 0 Å². The molecule has 0 aromatic rings. The molecule has 0 aliphatic carbocycles. The smallest absolute Gasteiger partial charge is 0.404 e. The highest BCUT2D eigenvalue weighted by Gasteiger charge is 2.47. The summed E-state index contributed by atoms with van der Waals surface area (Å²) < 4.78 is 24.7. The first-order chi connectivity index (χ1) is 14.0. The summed E-state index contributed by atoms with van der Waals surface area (Å²) in [6.07, 6.45) is -6.13. The zero-order valence-corrected chi connectivity index (χ0v) is 17.1. The summed E-state index contributed by atoms with van der Waals surface area (Å²) in [5, 5.41) is 11.9. The highest BCUT2D eigenvalue weighted by Crippen LogP contribution is 2.25. The van der Waals surface area contributed by atoms with Gasteiger partial charge in [0.25, 0.3) is 0 Å². The number of hydrogen-bond acceptors (Lipinski definition) is 12. The van der Waals surface area contributed by atoms with Gasteiger partial charge in [0.1, 0.15) is 12.7 Å². The van der Waals surface area contributed by atoms with Gasteiger partial charge in [0.15, 0.2) is 18.3 Å². The van der Waals surface area contributed by atoms with Crippen LogP contribution in [-0.4, -0.2) is 78.6 Å². The third-order valence-electron chi connectivity index (χ3n) is 3.70. The molecule has 168 valence electrons. The van der Waals surface area contributed by atoms with Crippen LogP contribution < -0.4 is 0 Å². The Labute approximate surface area is 171 Å². The molecule has 0 amide bonds. The molecular weight excluding hydrogens is 410 g/mol. The number of nitrogens with zero attached hydrogens (tertiary/aromatic N) is 1. The fourth-order valence-electron chi connectivity index (χ4n) is 2.64. The number of esters is 5. The molecule has 0 fully saturated rings. The van der Waals surface area contributed by atoms with E-state index in [1.165, 1.54) is 0 Å². The highest BCUT2D eigenvalue weighted by atomic mass is 16.9. The molecule has 0 spiro atoms. The van der Waals surface area contributed by atoms with Gasteiger partial charge in [-0.3, -0.25) is 24.4 Å². The third-order valence-corrected chi connectivity index (χ3v) is 3.70. The van der Waals surface area contributed by atoms with Gasteiger partial charge < -0.3 is 28.5 Å². The van der Waals surface area contributed by atoms with Crippen molar-refractivity contribution in [2.45, 2.75) is 58.5 Å². The summed E-state index contributed by atoms with van der Waals surface area (Å²) in [6, 6.07) is 0. The minimum absolute atomic E-state index is 0.106. The molecule has 0 aromatic heterocycles. The number of hydrogen-bond donors (Lipinski definition) is 0. The van der Waals surface area contributed by atoms with Crippen LogP contribution in [0.3, 0.4) is 0 Å². The second-order valence-corrected chi connectivity index (χ2v) is 6.14. The maximum atomic E-state index is 11.9. The van der Waals surface area contributed by atoms with Crippen molar-refractivity contribution in [3.05, 3.63) is 5.21 Å². The van der Waals surface area contributed by atoms with Gasteiger partial charge in [-0.25, -0.2) is 4.79 Å². The van der Waals surface area contributed by atoms with Crippen molar-refractivity contribution >= 4 is 35.6 Å². The zero-order valence-electron chi connectivity index (χ0n) is 17.1. The predicted molar refractivity (Wildman–Crippen MR) is 93.4 cm³/mol. The van der Waals surface area contributed by atoms with E-state index in [-0.39, 0.29) is 11.3 Å². The molecular formula is C17H23NO12. The number of methoxy groups -OCH3 is 1. The number of carbonyl (C=O) groups excluding carboxylic acids is 5. The molecule has 0 bridgehead atoms. The summed E-state index contributed by atoms with van der Waals surface area (Å²) in [6.45, 7) is 3.69. The zero-order chi connectivity index (χ0) is 23.0. The standard InChI is InChI=1S/C17H23NO12/c1-8(19)26-7-14(27-9(2)20)16(29-11(4)22)15(28-10(3)21)13-6-12(17(23)25-5)18(24)30-13/h13-16H,6-7H2,1-5H3/t13-,14+,15-,16+/m0/s1. The normalized spacial score (nSPS) is 18.4. The lowest BCUT2D eigenvalue weighted by Gasteiger charge is -2.34. The van der Waals surface area contributed by atoms with Crippen molar-refractivity contribution in [3.8, 4) is 0 Å². The maximum Gasteiger partial charge on any atom is 0.404 e. The van der Waals surface area contributed by atoms with Crippen molar-refractivity contribution < 1.29 is 57.4 Å². The van der Waals surface area contributed by atoms with Gasteiger partial charge >= 0.3 is 35.6 Å². The van der Waals surface area contributed by atoms with Crippen LogP contribution in [0.15, 0.2) is 0 Å². The van der Waals surface area contributed by atoms with E-state index in [4.69, 9.17) is 23.8 Å². The molecule has 1 heterocycles. The molecule has 0 saturated carbocycles. The first-order valence-electron chi connectivity index (χ1n) is 8.69. The third kappa shape index (κ3) is 7.22. The van der Waals surface area contributed by atoms with E-state index in [9.17, 15) is 29.2 Å². The molecule has 0 radical (unpaired) electrons. The van der Waals surface area contributed by atoms with Crippen LogP contribution >= 0.6 is 0 Å². The SMILES string of the molecule is COC(=O)C1=[N+]([O-])O[C@H]([C@H](OC(C)=O)[C@H](OC(C)=O)[C@@H](COC(C)=O)OC(C)=O)C1. The number of ether oxygens (including phenoxy) is 5. The van der Waals surface area contributed by atoms with E-state index in [0.29, 0.717) is 0 Å². The van der Waals surface area contributed by atoms with Crippen molar-refractivity contribution in [2.75, 3.05) is 13.7 Å². The second-order valence-electron chi connectivity index (χ2n) is 6.14. The highest BCUT2D eigenvalue weighted by molar-refractivity contribution is 6.34. The van der Waals surface area contributed by atoms with E-state index >= 15 is 0 Å². The maximum absolute atomic E-state index is 11.9. The second kappa shape index (κ2) is 11.0. The minimum Gasteiger partial charge on any atom is -0.462 e. The van der Waals surface area contributed by atoms with Gasteiger partial charge in [-0.2, -0.15) is 0 Å². The van der Waals surface area contributed by atoms with Crippen LogP contribution in [0, 0.1) is 5.21 Å². The van der Waals surface area contributed by atoms with Gasteiger partial charge in [0.2, 0.25) is 0 Å². The number of rotatable bonds is 9. The Balaban J connectivity index is 3.28. The van der Waals surface area contributed by atoms with Crippen LogP contribution in [0.4, 0.5) is 0 Å². The molecule has 1 aliphatic heterocycles. The van der Waals surface area contributed by atoms with Crippen LogP contribution in [0.1, 0.15) is 34.1 Å². The van der Waals surface area contributed by atoms with Gasteiger partial charge in [-0.1, -0.05) is 0 Å². The van der Waals surface area contributed by atoms with Crippen LogP contribution in [0.2, 0.25) is 0 Å². The lowest BCUT2D eigenvalue weighted by atomic mass is 9.98. The van der Waals surface area contributed by atoms with E-state index < -0.39 is 66.6 Å². The lowest BCUT2D eigenvalue weighted by molar-refractivity contribution is -0.742. The molecule has 0 N–H and O–H groups in total. The first kappa shape index (κ1) is 24.7. The summed E-state index contributed by atoms with van der Waals surface area (Å²) in [4.78, 5) is 62.7. The Hall–Kier alpha value is -3.38. The van der Waals surface area contributed by atoms with Crippen LogP contribution in [0.25, 0.3) is 0 Å². The fraction of sp³-hybridized carbons (Fsp3) is 0.647. The van der Waals surface area contributed by atoms with Crippen LogP contribution in [0.5, 0.6) is 0 Å². The van der Waals surface area contributed by atoms with E-state index in [0.717, 1.165) is 34.8 Å². The average molecular weight is 433 g/mol.